The van der Waals surface area contributed by atoms with Crippen LogP contribution in [0, 0.1) is 6.92 Å². The van der Waals surface area contributed by atoms with Gasteiger partial charge in [-0.15, -0.1) is 0 Å². The van der Waals surface area contributed by atoms with Gasteiger partial charge >= 0.3 is 5.97 Å². The number of carboxylic acids is 1. The molecular formula is C15H18N2O4. The van der Waals surface area contributed by atoms with Crippen molar-refractivity contribution in [1.82, 2.24) is 4.90 Å². The van der Waals surface area contributed by atoms with Crippen molar-refractivity contribution in [2.75, 3.05) is 18.0 Å². The third kappa shape index (κ3) is 2.89. The number of carbonyl (C=O) groups is 3. The maximum absolute atomic E-state index is 12.2. The summed E-state index contributed by atoms with van der Waals surface area (Å²) in [6.07, 6.45) is 0.206. The lowest BCUT2D eigenvalue weighted by molar-refractivity contribution is -0.158. The second kappa shape index (κ2) is 5.95. The van der Waals surface area contributed by atoms with Crippen molar-refractivity contribution < 1.29 is 19.5 Å². The van der Waals surface area contributed by atoms with Crippen LogP contribution in [0.1, 0.15) is 18.9 Å². The smallest absolute Gasteiger partial charge is 0.326 e. The van der Waals surface area contributed by atoms with Gasteiger partial charge in [0, 0.05) is 5.69 Å². The standard InChI is InChI=1S/C15H18N2O4/c1-3-11(15(20)21)17-13(18)8-16(9-14(17)19)12-7-5-4-6-10(12)2/h4-7,11H,3,8-9H2,1-2H3,(H,20,21). The van der Waals surface area contributed by atoms with Crippen molar-refractivity contribution in [3.8, 4) is 0 Å². The number of imide groups is 1. The van der Waals surface area contributed by atoms with E-state index in [0.717, 1.165) is 16.2 Å². The van der Waals surface area contributed by atoms with Crippen LogP contribution in [0.15, 0.2) is 24.3 Å². The van der Waals surface area contributed by atoms with E-state index < -0.39 is 23.8 Å². The minimum absolute atomic E-state index is 0.0143. The first-order chi connectivity index (χ1) is 9.95. The molecule has 6 heteroatoms. The molecule has 112 valence electrons. The molecule has 0 bridgehead atoms. The van der Waals surface area contributed by atoms with Gasteiger partial charge in [0.05, 0.1) is 13.1 Å². The molecule has 1 atom stereocenters. The lowest BCUT2D eigenvalue weighted by Crippen LogP contribution is -2.59. The van der Waals surface area contributed by atoms with E-state index >= 15 is 0 Å². The Morgan fingerprint density at radius 2 is 1.81 bits per heavy atom. The zero-order valence-electron chi connectivity index (χ0n) is 12.1. The van der Waals surface area contributed by atoms with Crippen LogP contribution in [0.3, 0.4) is 0 Å². The van der Waals surface area contributed by atoms with Crippen LogP contribution in [-0.2, 0) is 14.4 Å². The molecule has 1 unspecified atom stereocenters. The number of anilines is 1. The molecule has 1 aromatic carbocycles. The number of piperazine rings is 1. The van der Waals surface area contributed by atoms with Crippen LogP contribution in [0.4, 0.5) is 5.69 Å². The van der Waals surface area contributed by atoms with E-state index in [1.807, 2.05) is 31.2 Å². The number of amides is 2. The number of hydrogen-bond donors (Lipinski definition) is 1. The third-order valence-electron chi connectivity index (χ3n) is 3.63. The Morgan fingerprint density at radius 3 is 2.29 bits per heavy atom. The third-order valence-corrected chi connectivity index (χ3v) is 3.63. The highest BCUT2D eigenvalue weighted by atomic mass is 16.4. The summed E-state index contributed by atoms with van der Waals surface area (Å²) in [7, 11) is 0. The highest BCUT2D eigenvalue weighted by Crippen LogP contribution is 2.22. The number of para-hydroxylation sites is 1. The first-order valence-corrected chi connectivity index (χ1v) is 6.84. The zero-order chi connectivity index (χ0) is 15.6. The number of carbonyl (C=O) groups excluding carboxylic acids is 2. The highest BCUT2D eigenvalue weighted by Gasteiger charge is 2.38. The molecule has 1 aliphatic rings. The van der Waals surface area contributed by atoms with Gasteiger partial charge in [-0.2, -0.15) is 0 Å². The molecule has 1 saturated heterocycles. The van der Waals surface area contributed by atoms with E-state index in [1.165, 1.54) is 0 Å². The summed E-state index contributed by atoms with van der Waals surface area (Å²) in [6.45, 7) is 3.58. The van der Waals surface area contributed by atoms with Gasteiger partial charge in [-0.3, -0.25) is 14.5 Å². The number of aryl methyl sites for hydroxylation is 1. The maximum Gasteiger partial charge on any atom is 0.326 e. The first kappa shape index (κ1) is 15.0. The fraction of sp³-hybridized carbons (Fsp3) is 0.400. The molecule has 1 fully saturated rings. The number of hydrogen-bond acceptors (Lipinski definition) is 4. The second-order valence-corrected chi connectivity index (χ2v) is 5.06. The van der Waals surface area contributed by atoms with Crippen molar-refractivity contribution in [3.05, 3.63) is 29.8 Å². The van der Waals surface area contributed by atoms with Crippen LogP contribution in [0.2, 0.25) is 0 Å². The lowest BCUT2D eigenvalue weighted by atomic mass is 10.1. The van der Waals surface area contributed by atoms with Crippen LogP contribution >= 0.6 is 0 Å². The van der Waals surface area contributed by atoms with Crippen LogP contribution in [0.5, 0.6) is 0 Å². The van der Waals surface area contributed by atoms with Gasteiger partial charge in [0.1, 0.15) is 6.04 Å². The molecule has 2 rings (SSSR count). The molecule has 1 heterocycles. The summed E-state index contributed by atoms with van der Waals surface area (Å²) in [5, 5.41) is 9.13. The molecular weight excluding hydrogens is 272 g/mol. The minimum atomic E-state index is -1.15. The van der Waals surface area contributed by atoms with E-state index in [1.54, 1.807) is 11.8 Å². The van der Waals surface area contributed by atoms with Crippen molar-refractivity contribution in [3.63, 3.8) is 0 Å². The predicted octanol–water partition coefficient (Wildman–Crippen LogP) is 1.03. The number of nitrogens with zero attached hydrogens (tertiary/aromatic N) is 2. The molecule has 0 spiro atoms. The number of aliphatic carboxylic acids is 1. The first-order valence-electron chi connectivity index (χ1n) is 6.84. The molecule has 1 aliphatic heterocycles. The summed E-state index contributed by atoms with van der Waals surface area (Å²) in [5.74, 6) is -2.09. The van der Waals surface area contributed by atoms with Gasteiger partial charge in [-0.25, -0.2) is 4.79 Å². The molecule has 0 aliphatic carbocycles. The number of benzene rings is 1. The Labute approximate surface area is 123 Å². The minimum Gasteiger partial charge on any atom is -0.480 e. The van der Waals surface area contributed by atoms with Crippen molar-refractivity contribution >= 4 is 23.5 Å². The Morgan fingerprint density at radius 1 is 1.24 bits per heavy atom. The maximum atomic E-state index is 12.2. The molecule has 1 N–H and O–H groups in total. The zero-order valence-corrected chi connectivity index (χ0v) is 12.1. The molecule has 21 heavy (non-hydrogen) atoms. The molecule has 6 nitrogen and oxygen atoms in total. The molecule has 1 aromatic rings. The van der Waals surface area contributed by atoms with Gasteiger partial charge in [0.2, 0.25) is 11.8 Å². The second-order valence-electron chi connectivity index (χ2n) is 5.06. The predicted molar refractivity (Wildman–Crippen MR) is 77.0 cm³/mol. The highest BCUT2D eigenvalue weighted by molar-refractivity contribution is 6.05. The SMILES string of the molecule is CCC(C(=O)O)N1C(=O)CN(c2ccccc2C)CC1=O. The fourth-order valence-electron chi connectivity index (χ4n) is 2.58. The van der Waals surface area contributed by atoms with Gasteiger partial charge in [0.15, 0.2) is 0 Å². The van der Waals surface area contributed by atoms with Crippen molar-refractivity contribution in [1.29, 1.82) is 0 Å². The fourth-order valence-corrected chi connectivity index (χ4v) is 2.58. The average Bonchev–Trinajstić information content (AvgIpc) is 2.42. The number of carboxylic acid groups (broad SMARTS) is 1. The van der Waals surface area contributed by atoms with Crippen molar-refractivity contribution in [2.24, 2.45) is 0 Å². The quantitative estimate of drug-likeness (QED) is 0.838. The van der Waals surface area contributed by atoms with E-state index in [0.29, 0.717) is 0 Å². The van der Waals surface area contributed by atoms with E-state index in [-0.39, 0.29) is 19.5 Å². The molecule has 2 amide bonds. The average molecular weight is 290 g/mol. The van der Waals surface area contributed by atoms with Crippen LogP contribution in [0.25, 0.3) is 0 Å². The van der Waals surface area contributed by atoms with Gasteiger partial charge in [-0.05, 0) is 25.0 Å². The molecule has 0 radical (unpaired) electrons. The lowest BCUT2D eigenvalue weighted by Gasteiger charge is -2.37. The van der Waals surface area contributed by atoms with Gasteiger partial charge < -0.3 is 10.0 Å². The summed E-state index contributed by atoms with van der Waals surface area (Å²) in [5.41, 5.74) is 1.79. The van der Waals surface area contributed by atoms with E-state index in [2.05, 4.69) is 0 Å². The van der Waals surface area contributed by atoms with E-state index in [9.17, 15) is 14.4 Å². The largest absolute Gasteiger partial charge is 0.480 e. The summed E-state index contributed by atoms with van der Waals surface area (Å²) >= 11 is 0. The van der Waals surface area contributed by atoms with Crippen LogP contribution in [-0.4, -0.2) is 46.9 Å². The number of rotatable bonds is 4. The molecule has 0 aromatic heterocycles. The van der Waals surface area contributed by atoms with Crippen LogP contribution < -0.4 is 4.90 Å². The topological polar surface area (TPSA) is 77.9 Å². The normalized spacial score (nSPS) is 17.0. The van der Waals surface area contributed by atoms with Gasteiger partial charge in [0.25, 0.3) is 0 Å². The van der Waals surface area contributed by atoms with Gasteiger partial charge in [-0.1, -0.05) is 25.1 Å². The Hall–Kier alpha value is -2.37. The van der Waals surface area contributed by atoms with Crippen molar-refractivity contribution in [2.45, 2.75) is 26.3 Å². The summed E-state index contributed by atoms with van der Waals surface area (Å²) < 4.78 is 0. The van der Waals surface area contributed by atoms with E-state index in [4.69, 9.17) is 5.11 Å². The monoisotopic (exact) mass is 290 g/mol. The summed E-state index contributed by atoms with van der Waals surface area (Å²) in [4.78, 5) is 38.1. The Kier molecular flexibility index (Phi) is 4.26. The Balaban J connectivity index is 2.24. The summed E-state index contributed by atoms with van der Waals surface area (Å²) in [6, 6.07) is 6.40. The Bertz CT molecular complexity index is 567. The molecule has 0 saturated carbocycles.